The van der Waals surface area contributed by atoms with E-state index in [0.29, 0.717) is 17.5 Å². The molecule has 0 aromatic carbocycles. The molecule has 0 saturated heterocycles. The van der Waals surface area contributed by atoms with Gasteiger partial charge in [0.1, 0.15) is 11.3 Å². The molecule has 1 heterocycles. The van der Waals surface area contributed by atoms with E-state index in [4.69, 9.17) is 4.74 Å². The van der Waals surface area contributed by atoms with Gasteiger partial charge in [0.15, 0.2) is 6.29 Å². The average molecular weight is 205 g/mol. The molecule has 0 bridgehead atoms. The lowest BCUT2D eigenvalue weighted by Gasteiger charge is -2.20. The van der Waals surface area contributed by atoms with Crippen LogP contribution in [0.2, 0.25) is 0 Å². The summed E-state index contributed by atoms with van der Waals surface area (Å²) in [7, 11) is 0. The summed E-state index contributed by atoms with van der Waals surface area (Å²) in [5.74, 6) is 1.05. The lowest BCUT2D eigenvalue weighted by molar-refractivity contribution is 0.110. The standard InChI is InChI=1S/C12H15NO2/c1-9(2)12(6-7-12)15-11-5-3-4-10(8-14)13-11/h3-5,8-9H,6-7H2,1-2H3. The Morgan fingerprint density at radius 3 is 2.73 bits per heavy atom. The van der Waals surface area contributed by atoms with Gasteiger partial charge < -0.3 is 4.74 Å². The van der Waals surface area contributed by atoms with Gasteiger partial charge in [0.2, 0.25) is 5.88 Å². The van der Waals surface area contributed by atoms with Crippen molar-refractivity contribution in [1.29, 1.82) is 0 Å². The fourth-order valence-corrected chi connectivity index (χ4v) is 1.68. The van der Waals surface area contributed by atoms with E-state index in [0.717, 1.165) is 19.1 Å². The van der Waals surface area contributed by atoms with Crippen molar-refractivity contribution in [1.82, 2.24) is 4.98 Å². The Bertz CT molecular complexity index is 370. The molecule has 0 aliphatic heterocycles. The van der Waals surface area contributed by atoms with Gasteiger partial charge in [0.25, 0.3) is 0 Å². The molecule has 0 unspecified atom stereocenters. The maximum absolute atomic E-state index is 10.6. The number of hydrogen-bond donors (Lipinski definition) is 0. The Balaban J connectivity index is 2.14. The summed E-state index contributed by atoms with van der Waals surface area (Å²) in [5.41, 5.74) is 0.390. The normalized spacial score (nSPS) is 17.5. The van der Waals surface area contributed by atoms with E-state index >= 15 is 0 Å². The topological polar surface area (TPSA) is 39.2 Å². The van der Waals surface area contributed by atoms with Crippen LogP contribution in [0.1, 0.15) is 37.2 Å². The minimum absolute atomic E-state index is 0.0332. The zero-order chi connectivity index (χ0) is 10.9. The van der Waals surface area contributed by atoms with Crippen molar-refractivity contribution < 1.29 is 9.53 Å². The Morgan fingerprint density at radius 2 is 2.20 bits per heavy atom. The first-order chi connectivity index (χ1) is 7.16. The fraction of sp³-hybridized carbons (Fsp3) is 0.500. The van der Waals surface area contributed by atoms with Crippen LogP contribution in [0.3, 0.4) is 0 Å². The predicted molar refractivity (Wildman–Crippen MR) is 57.1 cm³/mol. The summed E-state index contributed by atoms with van der Waals surface area (Å²) in [6, 6.07) is 5.27. The summed E-state index contributed by atoms with van der Waals surface area (Å²) < 4.78 is 5.85. The van der Waals surface area contributed by atoms with E-state index in [2.05, 4.69) is 18.8 Å². The third-order valence-corrected chi connectivity index (χ3v) is 2.97. The molecule has 2 rings (SSSR count). The van der Waals surface area contributed by atoms with Crippen molar-refractivity contribution in [2.45, 2.75) is 32.3 Å². The van der Waals surface area contributed by atoms with Crippen LogP contribution >= 0.6 is 0 Å². The number of pyridine rings is 1. The molecule has 1 aliphatic carbocycles. The van der Waals surface area contributed by atoms with Gasteiger partial charge >= 0.3 is 0 Å². The Kier molecular flexibility index (Phi) is 2.47. The van der Waals surface area contributed by atoms with Gasteiger partial charge in [-0.15, -0.1) is 0 Å². The summed E-state index contributed by atoms with van der Waals surface area (Å²) in [6.45, 7) is 4.30. The zero-order valence-corrected chi connectivity index (χ0v) is 9.06. The van der Waals surface area contributed by atoms with Crippen LogP contribution in [-0.4, -0.2) is 16.9 Å². The molecule has 3 nitrogen and oxygen atoms in total. The highest BCUT2D eigenvalue weighted by Gasteiger charge is 2.48. The van der Waals surface area contributed by atoms with Crippen LogP contribution in [0.25, 0.3) is 0 Å². The highest BCUT2D eigenvalue weighted by atomic mass is 16.5. The van der Waals surface area contributed by atoms with E-state index in [1.165, 1.54) is 0 Å². The maximum Gasteiger partial charge on any atom is 0.214 e. The Labute approximate surface area is 89.5 Å². The molecule has 1 saturated carbocycles. The second kappa shape index (κ2) is 3.65. The van der Waals surface area contributed by atoms with Crippen molar-refractivity contribution in [3.8, 4) is 5.88 Å². The molecule has 0 N–H and O–H groups in total. The molecule has 0 radical (unpaired) electrons. The first kappa shape index (κ1) is 10.1. The van der Waals surface area contributed by atoms with E-state index < -0.39 is 0 Å². The number of rotatable bonds is 4. The Hall–Kier alpha value is -1.38. The molecule has 0 atom stereocenters. The van der Waals surface area contributed by atoms with E-state index in [1.807, 2.05) is 0 Å². The second-order valence-corrected chi connectivity index (χ2v) is 4.34. The molecule has 15 heavy (non-hydrogen) atoms. The van der Waals surface area contributed by atoms with Crippen molar-refractivity contribution in [3.05, 3.63) is 23.9 Å². The van der Waals surface area contributed by atoms with Crippen molar-refractivity contribution in [3.63, 3.8) is 0 Å². The molecule has 0 spiro atoms. The highest BCUT2D eigenvalue weighted by Crippen LogP contribution is 2.45. The van der Waals surface area contributed by atoms with Gasteiger partial charge in [0, 0.05) is 6.07 Å². The molecule has 0 amide bonds. The summed E-state index contributed by atoms with van der Waals surface area (Å²) in [6.07, 6.45) is 2.90. The van der Waals surface area contributed by atoms with Crippen LogP contribution in [0, 0.1) is 5.92 Å². The molecule has 3 heteroatoms. The van der Waals surface area contributed by atoms with Crippen molar-refractivity contribution in [2.24, 2.45) is 5.92 Å². The Morgan fingerprint density at radius 1 is 1.47 bits per heavy atom. The fourth-order valence-electron chi connectivity index (χ4n) is 1.68. The molecule has 80 valence electrons. The van der Waals surface area contributed by atoms with Crippen molar-refractivity contribution in [2.75, 3.05) is 0 Å². The quantitative estimate of drug-likeness (QED) is 0.709. The van der Waals surface area contributed by atoms with E-state index in [9.17, 15) is 4.79 Å². The van der Waals surface area contributed by atoms with Crippen LogP contribution in [-0.2, 0) is 0 Å². The first-order valence-corrected chi connectivity index (χ1v) is 5.27. The number of aldehydes is 1. The second-order valence-electron chi connectivity index (χ2n) is 4.34. The largest absolute Gasteiger partial charge is 0.471 e. The van der Waals surface area contributed by atoms with Gasteiger partial charge in [-0.05, 0) is 24.8 Å². The average Bonchev–Trinajstić information content (AvgIpc) is 2.99. The van der Waals surface area contributed by atoms with E-state index in [-0.39, 0.29) is 5.60 Å². The minimum atomic E-state index is -0.0332. The zero-order valence-electron chi connectivity index (χ0n) is 9.06. The third-order valence-electron chi connectivity index (χ3n) is 2.97. The summed E-state index contributed by atoms with van der Waals surface area (Å²) in [4.78, 5) is 14.7. The van der Waals surface area contributed by atoms with E-state index in [1.54, 1.807) is 18.2 Å². The predicted octanol–water partition coefficient (Wildman–Crippen LogP) is 2.46. The van der Waals surface area contributed by atoms with Gasteiger partial charge in [-0.25, -0.2) is 4.98 Å². The van der Waals surface area contributed by atoms with Gasteiger partial charge in [-0.1, -0.05) is 19.9 Å². The minimum Gasteiger partial charge on any atom is -0.471 e. The number of aromatic nitrogens is 1. The number of carbonyl (C=O) groups excluding carboxylic acids is 1. The SMILES string of the molecule is CC(C)C1(Oc2cccc(C=O)n2)CC1. The van der Waals surface area contributed by atoms with Crippen molar-refractivity contribution >= 4 is 6.29 Å². The van der Waals surface area contributed by atoms with Crippen LogP contribution in [0.5, 0.6) is 5.88 Å². The monoisotopic (exact) mass is 205 g/mol. The molecular weight excluding hydrogens is 190 g/mol. The van der Waals surface area contributed by atoms with Gasteiger partial charge in [0.05, 0.1) is 0 Å². The number of hydrogen-bond acceptors (Lipinski definition) is 3. The molecule has 1 aliphatic rings. The van der Waals surface area contributed by atoms with Crippen LogP contribution in [0.4, 0.5) is 0 Å². The number of ether oxygens (including phenoxy) is 1. The van der Waals surface area contributed by atoms with Gasteiger partial charge in [-0.3, -0.25) is 4.79 Å². The highest BCUT2D eigenvalue weighted by molar-refractivity contribution is 5.71. The summed E-state index contributed by atoms with van der Waals surface area (Å²) in [5, 5.41) is 0. The van der Waals surface area contributed by atoms with Gasteiger partial charge in [-0.2, -0.15) is 0 Å². The maximum atomic E-state index is 10.6. The lowest BCUT2D eigenvalue weighted by Crippen LogP contribution is -2.25. The number of carbonyl (C=O) groups is 1. The first-order valence-electron chi connectivity index (χ1n) is 5.27. The summed E-state index contributed by atoms with van der Waals surface area (Å²) >= 11 is 0. The molecule has 1 aromatic heterocycles. The molecule has 1 fully saturated rings. The number of nitrogens with zero attached hydrogens (tertiary/aromatic N) is 1. The lowest BCUT2D eigenvalue weighted by atomic mass is 10.1. The third kappa shape index (κ3) is 2.01. The molecular formula is C12H15NO2. The smallest absolute Gasteiger partial charge is 0.214 e. The van der Waals surface area contributed by atoms with Crippen LogP contribution < -0.4 is 4.74 Å². The van der Waals surface area contributed by atoms with Crippen LogP contribution in [0.15, 0.2) is 18.2 Å². The molecule has 1 aromatic rings.